The molecule has 0 amide bonds. The molecule has 0 bridgehead atoms. The highest BCUT2D eigenvalue weighted by Gasteiger charge is 2.03. The van der Waals surface area contributed by atoms with E-state index in [4.69, 9.17) is 15.4 Å². The Labute approximate surface area is 91.2 Å². The molecule has 0 aliphatic heterocycles. The lowest BCUT2D eigenvalue weighted by atomic mass is 10.2. The number of unbranched alkanes of at least 4 members (excludes halogenated alkanes) is 2. The first kappa shape index (κ1) is 14.2. The highest BCUT2D eigenvalue weighted by Crippen LogP contribution is 2.04. The van der Waals surface area contributed by atoms with E-state index < -0.39 is 9.05 Å². The highest BCUT2D eigenvalue weighted by molar-refractivity contribution is 8.13. The van der Waals surface area contributed by atoms with E-state index in [9.17, 15) is 8.42 Å². The van der Waals surface area contributed by atoms with Crippen LogP contribution < -0.4 is 0 Å². The van der Waals surface area contributed by atoms with E-state index >= 15 is 0 Å². The van der Waals surface area contributed by atoms with Gasteiger partial charge in [-0.05, 0) is 18.8 Å². The van der Waals surface area contributed by atoms with Crippen molar-refractivity contribution in [3.63, 3.8) is 0 Å². The quantitative estimate of drug-likeness (QED) is 0.485. The van der Waals surface area contributed by atoms with Crippen LogP contribution in [-0.2, 0) is 13.8 Å². The molecule has 0 atom stereocenters. The Morgan fingerprint density at radius 2 is 1.86 bits per heavy atom. The molecular weight excluding hydrogens is 224 g/mol. The first-order chi connectivity index (χ1) is 6.42. The van der Waals surface area contributed by atoms with Crippen molar-refractivity contribution in [3.8, 4) is 0 Å². The molecule has 0 heterocycles. The lowest BCUT2D eigenvalue weighted by molar-refractivity contribution is 0.107. The predicted octanol–water partition coefficient (Wildman–Crippen LogP) is 2.40. The van der Waals surface area contributed by atoms with Gasteiger partial charge in [0.1, 0.15) is 0 Å². The number of ether oxygens (including phenoxy) is 1. The van der Waals surface area contributed by atoms with Crippen molar-refractivity contribution in [2.45, 2.75) is 33.1 Å². The average Bonchev–Trinajstić information content (AvgIpc) is 2.00. The van der Waals surface area contributed by atoms with E-state index in [1.165, 1.54) is 0 Å². The van der Waals surface area contributed by atoms with Crippen LogP contribution in [0.3, 0.4) is 0 Å². The van der Waals surface area contributed by atoms with Crippen molar-refractivity contribution < 1.29 is 13.2 Å². The van der Waals surface area contributed by atoms with Gasteiger partial charge in [0.15, 0.2) is 0 Å². The minimum absolute atomic E-state index is 0.0682. The summed E-state index contributed by atoms with van der Waals surface area (Å²) >= 11 is 0. The summed E-state index contributed by atoms with van der Waals surface area (Å²) in [6.07, 6.45) is 2.38. The molecule has 5 heteroatoms. The van der Waals surface area contributed by atoms with Gasteiger partial charge in [0.25, 0.3) is 0 Å². The Morgan fingerprint density at radius 1 is 1.21 bits per heavy atom. The van der Waals surface area contributed by atoms with Crippen molar-refractivity contribution in [2.24, 2.45) is 5.92 Å². The average molecular weight is 243 g/mol. The molecule has 0 aliphatic carbocycles. The van der Waals surface area contributed by atoms with E-state index in [0.717, 1.165) is 19.4 Å². The summed E-state index contributed by atoms with van der Waals surface area (Å²) in [5.74, 6) is 0.622. The lowest BCUT2D eigenvalue weighted by Crippen LogP contribution is -2.03. The number of hydrogen-bond acceptors (Lipinski definition) is 3. The molecule has 0 aromatic heterocycles. The predicted molar refractivity (Wildman–Crippen MR) is 59.1 cm³/mol. The summed E-state index contributed by atoms with van der Waals surface area (Å²) in [5.41, 5.74) is 0. The maximum absolute atomic E-state index is 10.5. The second-order valence-electron chi connectivity index (χ2n) is 3.77. The van der Waals surface area contributed by atoms with Crippen molar-refractivity contribution in [1.29, 1.82) is 0 Å². The number of hydrogen-bond donors (Lipinski definition) is 0. The molecule has 14 heavy (non-hydrogen) atoms. The largest absolute Gasteiger partial charge is 0.381 e. The van der Waals surface area contributed by atoms with Gasteiger partial charge in [-0.3, -0.25) is 0 Å². The Balaban J connectivity index is 3.15. The fourth-order valence-electron chi connectivity index (χ4n) is 0.974. The first-order valence-electron chi connectivity index (χ1n) is 4.92. The molecule has 0 saturated carbocycles. The molecule has 0 saturated heterocycles. The Kier molecular flexibility index (Phi) is 7.59. The fourth-order valence-corrected chi connectivity index (χ4v) is 1.85. The van der Waals surface area contributed by atoms with E-state index in [1.807, 2.05) is 0 Å². The molecule has 0 radical (unpaired) electrons. The van der Waals surface area contributed by atoms with Crippen molar-refractivity contribution in [3.05, 3.63) is 0 Å². The summed E-state index contributed by atoms with van der Waals surface area (Å²) in [5, 5.41) is 0. The maximum atomic E-state index is 10.5. The van der Waals surface area contributed by atoms with Gasteiger partial charge >= 0.3 is 0 Å². The first-order valence-corrected chi connectivity index (χ1v) is 7.40. The smallest absolute Gasteiger partial charge is 0.232 e. The number of halogens is 1. The molecular formula is C9H19ClO3S. The van der Waals surface area contributed by atoms with Crippen molar-refractivity contribution >= 4 is 19.7 Å². The van der Waals surface area contributed by atoms with Crippen LogP contribution in [0.4, 0.5) is 0 Å². The van der Waals surface area contributed by atoms with Crippen molar-refractivity contribution in [1.82, 2.24) is 0 Å². The molecule has 0 fully saturated rings. The van der Waals surface area contributed by atoms with Gasteiger partial charge in [0.05, 0.1) is 5.75 Å². The lowest BCUT2D eigenvalue weighted by Gasteiger charge is -2.05. The number of rotatable bonds is 8. The summed E-state index contributed by atoms with van der Waals surface area (Å²) in [7, 11) is 1.76. The molecule has 0 spiro atoms. The second kappa shape index (κ2) is 7.49. The highest BCUT2D eigenvalue weighted by atomic mass is 35.7. The van der Waals surface area contributed by atoms with Gasteiger partial charge in [0, 0.05) is 23.9 Å². The van der Waals surface area contributed by atoms with Gasteiger partial charge < -0.3 is 4.74 Å². The van der Waals surface area contributed by atoms with Crippen LogP contribution in [0.25, 0.3) is 0 Å². The summed E-state index contributed by atoms with van der Waals surface area (Å²) < 4.78 is 26.4. The molecule has 0 unspecified atom stereocenters. The molecule has 3 nitrogen and oxygen atoms in total. The third-order valence-electron chi connectivity index (χ3n) is 1.63. The van der Waals surface area contributed by atoms with Gasteiger partial charge in [0.2, 0.25) is 9.05 Å². The zero-order chi connectivity index (χ0) is 11.0. The fraction of sp³-hybridized carbons (Fsp3) is 1.00. The van der Waals surface area contributed by atoms with Crippen LogP contribution in [-0.4, -0.2) is 27.4 Å². The summed E-state index contributed by atoms with van der Waals surface area (Å²) in [6.45, 7) is 5.68. The van der Waals surface area contributed by atoms with Crippen LogP contribution in [0.1, 0.15) is 33.1 Å². The normalized spacial score (nSPS) is 12.3. The molecule has 0 N–H and O–H groups in total. The second-order valence-corrected chi connectivity index (χ2v) is 6.67. The van der Waals surface area contributed by atoms with Gasteiger partial charge in [-0.2, -0.15) is 0 Å². The van der Waals surface area contributed by atoms with Gasteiger partial charge in [-0.1, -0.05) is 20.3 Å². The van der Waals surface area contributed by atoms with Crippen LogP contribution in [0.2, 0.25) is 0 Å². The molecule has 0 aromatic carbocycles. The van der Waals surface area contributed by atoms with E-state index in [-0.39, 0.29) is 5.75 Å². The third kappa shape index (κ3) is 12.2. The van der Waals surface area contributed by atoms with Crippen LogP contribution in [0.15, 0.2) is 0 Å². The zero-order valence-corrected chi connectivity index (χ0v) is 10.4. The van der Waals surface area contributed by atoms with Crippen molar-refractivity contribution in [2.75, 3.05) is 19.0 Å². The monoisotopic (exact) mass is 242 g/mol. The molecule has 0 aliphatic rings. The van der Waals surface area contributed by atoms with Crippen LogP contribution >= 0.6 is 10.7 Å². The van der Waals surface area contributed by atoms with Crippen LogP contribution in [0, 0.1) is 5.92 Å². The topological polar surface area (TPSA) is 43.4 Å². The standard InChI is InChI=1S/C9H19ClO3S/c1-9(2)8-13-6-4-3-5-7-14(10,11)12/h9H,3-8H2,1-2H3. The van der Waals surface area contributed by atoms with Gasteiger partial charge in [-0.25, -0.2) is 8.42 Å². The van der Waals surface area contributed by atoms with Crippen LogP contribution in [0.5, 0.6) is 0 Å². The third-order valence-corrected chi connectivity index (χ3v) is 2.87. The summed E-state index contributed by atoms with van der Waals surface area (Å²) in [4.78, 5) is 0. The molecule has 0 aromatic rings. The van der Waals surface area contributed by atoms with E-state index in [0.29, 0.717) is 18.9 Å². The van der Waals surface area contributed by atoms with E-state index in [2.05, 4.69) is 13.8 Å². The van der Waals surface area contributed by atoms with Gasteiger partial charge in [-0.15, -0.1) is 0 Å². The summed E-state index contributed by atoms with van der Waals surface area (Å²) in [6, 6.07) is 0. The molecule has 86 valence electrons. The Morgan fingerprint density at radius 3 is 2.36 bits per heavy atom. The Hall–Kier alpha value is 0.200. The minimum atomic E-state index is -3.30. The van der Waals surface area contributed by atoms with E-state index in [1.54, 1.807) is 0 Å². The Bertz CT molecular complexity index is 224. The molecule has 0 rings (SSSR count). The minimum Gasteiger partial charge on any atom is -0.381 e. The zero-order valence-electron chi connectivity index (χ0n) is 8.83. The SMILES string of the molecule is CC(C)COCCCCCS(=O)(=O)Cl. The maximum Gasteiger partial charge on any atom is 0.232 e.